The average molecular weight is 222 g/mol. The number of hydrogen-bond donors (Lipinski definition) is 1. The van der Waals surface area contributed by atoms with E-state index >= 15 is 0 Å². The van der Waals surface area contributed by atoms with E-state index in [0.717, 1.165) is 25.7 Å². The van der Waals surface area contributed by atoms with Gasteiger partial charge < -0.3 is 5.73 Å². The van der Waals surface area contributed by atoms with E-state index in [0.29, 0.717) is 11.5 Å². The van der Waals surface area contributed by atoms with Gasteiger partial charge in [0, 0.05) is 17.3 Å². The van der Waals surface area contributed by atoms with Crippen molar-refractivity contribution in [3.63, 3.8) is 0 Å². The monoisotopic (exact) mass is 222 g/mol. The largest absolute Gasteiger partial charge is 0.321 e. The van der Waals surface area contributed by atoms with Crippen LogP contribution >= 0.6 is 0 Å². The Morgan fingerprint density at radius 3 is 3.06 bits per heavy atom. The summed E-state index contributed by atoms with van der Waals surface area (Å²) in [5.74, 6) is 0.128. The van der Waals surface area contributed by atoms with Gasteiger partial charge in [0.2, 0.25) is 0 Å². The van der Waals surface area contributed by atoms with E-state index < -0.39 is 5.54 Å². The molecule has 1 saturated carbocycles. The van der Waals surface area contributed by atoms with Crippen LogP contribution in [0.5, 0.6) is 0 Å². The molecule has 88 valence electrons. The molecule has 1 fully saturated rings. The third-order valence-corrected chi connectivity index (χ3v) is 3.89. The molecular weight excluding hydrogens is 203 g/mol. The summed E-state index contributed by atoms with van der Waals surface area (Å²) < 4.78 is 13.8. The predicted octanol–water partition coefficient (Wildman–Crippen LogP) is 2.97. The van der Waals surface area contributed by atoms with Crippen molar-refractivity contribution >= 4 is 0 Å². The van der Waals surface area contributed by atoms with Crippen LogP contribution in [0.25, 0.3) is 0 Å². The average Bonchev–Trinajstić information content (AvgIpc) is 2.30. The highest BCUT2D eigenvalue weighted by Gasteiger charge is 2.39. The minimum atomic E-state index is -0.486. The summed E-state index contributed by atoms with van der Waals surface area (Å²) in [6.07, 6.45) is 8.21. The Balaban J connectivity index is 2.39. The van der Waals surface area contributed by atoms with Gasteiger partial charge in [-0.3, -0.25) is 4.98 Å². The molecule has 0 aliphatic heterocycles. The Kier molecular flexibility index (Phi) is 3.24. The zero-order valence-corrected chi connectivity index (χ0v) is 9.75. The second-order valence-corrected chi connectivity index (χ2v) is 4.75. The lowest BCUT2D eigenvalue weighted by molar-refractivity contribution is 0.179. The van der Waals surface area contributed by atoms with E-state index in [1.165, 1.54) is 12.6 Å². The standard InChI is InChI=1S/C13H19FN2/c1-2-10-5-3-4-7-13(10,15)11-6-8-16-9-12(11)14/h6,8-10H,2-5,7,15H2,1H3. The summed E-state index contributed by atoms with van der Waals surface area (Å²) in [5.41, 5.74) is 6.63. The van der Waals surface area contributed by atoms with Crippen molar-refractivity contribution in [1.82, 2.24) is 4.98 Å². The summed E-state index contributed by atoms with van der Waals surface area (Å²) in [4.78, 5) is 3.79. The first-order valence-corrected chi connectivity index (χ1v) is 6.07. The maximum Gasteiger partial charge on any atom is 0.146 e. The molecular formula is C13H19FN2. The van der Waals surface area contributed by atoms with Crippen molar-refractivity contribution in [1.29, 1.82) is 0 Å². The second-order valence-electron chi connectivity index (χ2n) is 4.75. The highest BCUT2D eigenvalue weighted by molar-refractivity contribution is 5.25. The number of nitrogens with zero attached hydrogens (tertiary/aromatic N) is 1. The normalized spacial score (nSPS) is 30.3. The maximum atomic E-state index is 13.8. The lowest BCUT2D eigenvalue weighted by atomic mass is 9.68. The van der Waals surface area contributed by atoms with Crippen LogP contribution in [-0.4, -0.2) is 4.98 Å². The highest BCUT2D eigenvalue weighted by atomic mass is 19.1. The van der Waals surface area contributed by atoms with Gasteiger partial charge in [0.05, 0.1) is 6.20 Å². The maximum absolute atomic E-state index is 13.8. The summed E-state index contributed by atoms with van der Waals surface area (Å²) in [7, 11) is 0. The fourth-order valence-electron chi connectivity index (χ4n) is 2.95. The molecule has 0 bridgehead atoms. The molecule has 1 aliphatic rings. The van der Waals surface area contributed by atoms with Gasteiger partial charge in [-0.2, -0.15) is 0 Å². The van der Waals surface area contributed by atoms with Gasteiger partial charge in [-0.25, -0.2) is 4.39 Å². The van der Waals surface area contributed by atoms with Crippen LogP contribution < -0.4 is 5.73 Å². The number of rotatable bonds is 2. The summed E-state index contributed by atoms with van der Waals surface area (Å²) in [6, 6.07) is 1.74. The SMILES string of the molecule is CCC1CCCCC1(N)c1ccncc1F. The van der Waals surface area contributed by atoms with E-state index in [2.05, 4.69) is 11.9 Å². The van der Waals surface area contributed by atoms with Gasteiger partial charge in [-0.1, -0.05) is 26.2 Å². The minimum Gasteiger partial charge on any atom is -0.321 e. The molecule has 0 saturated heterocycles. The first-order valence-electron chi connectivity index (χ1n) is 6.07. The Hall–Kier alpha value is -0.960. The molecule has 0 aromatic carbocycles. The van der Waals surface area contributed by atoms with Crippen LogP contribution in [0.4, 0.5) is 4.39 Å². The molecule has 2 N–H and O–H groups in total. The van der Waals surface area contributed by atoms with E-state index in [1.54, 1.807) is 12.3 Å². The number of aromatic nitrogens is 1. The van der Waals surface area contributed by atoms with Crippen molar-refractivity contribution in [3.8, 4) is 0 Å². The zero-order valence-electron chi connectivity index (χ0n) is 9.75. The first-order chi connectivity index (χ1) is 7.68. The quantitative estimate of drug-likeness (QED) is 0.835. The number of pyridine rings is 1. The summed E-state index contributed by atoms with van der Waals surface area (Å²) in [5, 5.41) is 0. The Morgan fingerprint density at radius 2 is 2.38 bits per heavy atom. The zero-order chi connectivity index (χ0) is 11.6. The van der Waals surface area contributed by atoms with E-state index in [9.17, 15) is 4.39 Å². The molecule has 3 heteroatoms. The molecule has 2 atom stereocenters. The molecule has 0 radical (unpaired) electrons. The first kappa shape index (κ1) is 11.5. The molecule has 0 spiro atoms. The number of hydrogen-bond acceptors (Lipinski definition) is 2. The second kappa shape index (κ2) is 4.50. The third-order valence-electron chi connectivity index (χ3n) is 3.89. The van der Waals surface area contributed by atoms with Gasteiger partial charge in [-0.15, -0.1) is 0 Å². The van der Waals surface area contributed by atoms with Crippen molar-refractivity contribution in [2.75, 3.05) is 0 Å². The Morgan fingerprint density at radius 1 is 1.56 bits per heavy atom. The van der Waals surface area contributed by atoms with Crippen molar-refractivity contribution < 1.29 is 4.39 Å². The molecule has 2 unspecified atom stereocenters. The fraction of sp³-hybridized carbons (Fsp3) is 0.615. The van der Waals surface area contributed by atoms with Crippen LogP contribution in [0.2, 0.25) is 0 Å². The Bertz CT molecular complexity index is 367. The van der Waals surface area contributed by atoms with Gasteiger partial charge in [-0.05, 0) is 24.8 Å². The van der Waals surface area contributed by atoms with E-state index in [4.69, 9.17) is 5.73 Å². The van der Waals surface area contributed by atoms with E-state index in [1.807, 2.05) is 0 Å². The topological polar surface area (TPSA) is 38.9 Å². The smallest absolute Gasteiger partial charge is 0.146 e. The Labute approximate surface area is 96.1 Å². The lowest BCUT2D eigenvalue weighted by Crippen LogP contribution is -2.46. The molecule has 0 amide bonds. The molecule has 1 aromatic rings. The van der Waals surface area contributed by atoms with Crippen molar-refractivity contribution in [2.45, 2.75) is 44.6 Å². The van der Waals surface area contributed by atoms with Gasteiger partial charge in [0.15, 0.2) is 0 Å². The van der Waals surface area contributed by atoms with Crippen molar-refractivity contribution in [3.05, 3.63) is 29.8 Å². The molecule has 1 heterocycles. The van der Waals surface area contributed by atoms with Gasteiger partial charge in [0.25, 0.3) is 0 Å². The molecule has 16 heavy (non-hydrogen) atoms. The fourth-order valence-corrected chi connectivity index (χ4v) is 2.95. The van der Waals surface area contributed by atoms with Crippen LogP contribution in [0.1, 0.15) is 44.6 Å². The predicted molar refractivity (Wildman–Crippen MR) is 62.3 cm³/mol. The highest BCUT2D eigenvalue weighted by Crippen LogP contribution is 2.41. The summed E-state index contributed by atoms with van der Waals surface area (Å²) in [6.45, 7) is 2.14. The van der Waals surface area contributed by atoms with Crippen molar-refractivity contribution in [2.24, 2.45) is 11.7 Å². The van der Waals surface area contributed by atoms with Crippen LogP contribution in [0.15, 0.2) is 18.5 Å². The summed E-state index contributed by atoms with van der Waals surface area (Å²) >= 11 is 0. The van der Waals surface area contributed by atoms with Crippen LogP contribution in [-0.2, 0) is 5.54 Å². The van der Waals surface area contributed by atoms with E-state index in [-0.39, 0.29) is 5.82 Å². The molecule has 2 rings (SSSR count). The van der Waals surface area contributed by atoms with Crippen LogP contribution in [0.3, 0.4) is 0 Å². The van der Waals surface area contributed by atoms with Crippen LogP contribution in [0, 0.1) is 11.7 Å². The minimum absolute atomic E-state index is 0.259. The van der Waals surface area contributed by atoms with Gasteiger partial charge >= 0.3 is 0 Å². The number of nitrogens with two attached hydrogens (primary N) is 1. The molecule has 1 aromatic heterocycles. The molecule has 1 aliphatic carbocycles. The lowest BCUT2D eigenvalue weighted by Gasteiger charge is -2.41. The molecule has 2 nitrogen and oxygen atoms in total. The van der Waals surface area contributed by atoms with Gasteiger partial charge in [0.1, 0.15) is 5.82 Å². The third kappa shape index (κ3) is 1.84. The number of halogens is 1.